The maximum absolute atomic E-state index is 10.5. The Balaban J connectivity index is 2.78. The quantitative estimate of drug-likeness (QED) is 0.765. The Morgan fingerprint density at radius 1 is 1.42 bits per heavy atom. The van der Waals surface area contributed by atoms with E-state index in [1.807, 2.05) is 18.2 Å². The lowest BCUT2D eigenvalue weighted by Gasteiger charge is -2.27. The molecule has 0 aliphatic heterocycles. The van der Waals surface area contributed by atoms with Crippen LogP contribution in [0.3, 0.4) is 0 Å². The van der Waals surface area contributed by atoms with Gasteiger partial charge in [-0.15, -0.1) is 0 Å². The van der Waals surface area contributed by atoms with Crippen molar-refractivity contribution >= 4 is 12.0 Å². The van der Waals surface area contributed by atoms with Crippen LogP contribution < -0.4 is 0 Å². The highest BCUT2D eigenvalue weighted by atomic mass is 16.4. The van der Waals surface area contributed by atoms with Crippen molar-refractivity contribution in [3.8, 4) is 0 Å². The highest BCUT2D eigenvalue weighted by Gasteiger charge is 2.10. The van der Waals surface area contributed by atoms with Crippen LogP contribution in [0.5, 0.6) is 0 Å². The first-order chi connectivity index (χ1) is 9.06. The van der Waals surface area contributed by atoms with E-state index in [2.05, 4.69) is 31.7 Å². The second-order valence-electron chi connectivity index (χ2n) is 4.74. The average Bonchev–Trinajstić information content (AvgIpc) is 2.42. The molecule has 0 radical (unpaired) electrons. The lowest BCUT2D eigenvalue weighted by molar-refractivity contribution is -0.131. The van der Waals surface area contributed by atoms with Crippen LogP contribution in [0, 0.1) is 0 Å². The third-order valence-electron chi connectivity index (χ3n) is 3.38. The zero-order valence-corrected chi connectivity index (χ0v) is 12.0. The van der Waals surface area contributed by atoms with Crippen molar-refractivity contribution in [3.63, 3.8) is 0 Å². The van der Waals surface area contributed by atoms with Crippen LogP contribution in [-0.2, 0) is 11.3 Å². The average molecular weight is 261 g/mol. The molecule has 0 amide bonds. The fourth-order valence-electron chi connectivity index (χ4n) is 2.03. The van der Waals surface area contributed by atoms with Gasteiger partial charge < -0.3 is 5.11 Å². The largest absolute Gasteiger partial charge is 0.478 e. The third kappa shape index (κ3) is 5.26. The molecule has 0 heterocycles. The van der Waals surface area contributed by atoms with Gasteiger partial charge in [-0.1, -0.05) is 38.1 Å². The lowest BCUT2D eigenvalue weighted by atomic mass is 10.1. The van der Waals surface area contributed by atoms with E-state index < -0.39 is 5.97 Å². The van der Waals surface area contributed by atoms with Gasteiger partial charge in [-0.25, -0.2) is 4.79 Å². The molecule has 0 aliphatic rings. The first-order valence-electron chi connectivity index (χ1n) is 6.80. The van der Waals surface area contributed by atoms with Gasteiger partial charge in [0.1, 0.15) is 0 Å². The number of carboxylic acids is 1. The molecule has 0 aliphatic carbocycles. The van der Waals surface area contributed by atoms with Crippen molar-refractivity contribution in [2.45, 2.75) is 39.8 Å². The van der Waals surface area contributed by atoms with E-state index in [1.54, 1.807) is 6.08 Å². The van der Waals surface area contributed by atoms with Gasteiger partial charge in [-0.05, 0) is 37.1 Å². The summed E-state index contributed by atoms with van der Waals surface area (Å²) in [5.74, 6) is -0.916. The minimum atomic E-state index is -0.916. The number of nitrogens with zero attached hydrogens (tertiary/aromatic N) is 1. The minimum absolute atomic E-state index is 0.559. The first kappa shape index (κ1) is 15.4. The molecule has 3 nitrogen and oxygen atoms in total. The molecule has 1 unspecified atom stereocenters. The topological polar surface area (TPSA) is 40.5 Å². The number of aliphatic carboxylic acids is 1. The van der Waals surface area contributed by atoms with E-state index in [9.17, 15) is 4.79 Å². The fraction of sp³-hybridized carbons (Fsp3) is 0.438. The molecule has 104 valence electrons. The zero-order valence-electron chi connectivity index (χ0n) is 12.0. The molecule has 0 aromatic heterocycles. The summed E-state index contributed by atoms with van der Waals surface area (Å²) in [5.41, 5.74) is 2.15. The van der Waals surface area contributed by atoms with Crippen LogP contribution in [-0.4, -0.2) is 28.6 Å². The van der Waals surface area contributed by atoms with Gasteiger partial charge in [0, 0.05) is 18.7 Å². The number of carbonyl (C=O) groups is 1. The van der Waals surface area contributed by atoms with Crippen molar-refractivity contribution in [3.05, 3.63) is 41.5 Å². The summed E-state index contributed by atoms with van der Waals surface area (Å²) in [4.78, 5) is 12.9. The second kappa shape index (κ2) is 7.74. The predicted molar refractivity (Wildman–Crippen MR) is 78.9 cm³/mol. The van der Waals surface area contributed by atoms with E-state index in [0.717, 1.165) is 25.1 Å². The van der Waals surface area contributed by atoms with Crippen molar-refractivity contribution < 1.29 is 9.90 Å². The Morgan fingerprint density at radius 3 is 2.74 bits per heavy atom. The number of hydrogen-bond acceptors (Lipinski definition) is 2. The number of hydrogen-bond donors (Lipinski definition) is 1. The van der Waals surface area contributed by atoms with Gasteiger partial charge in [-0.2, -0.15) is 0 Å². The summed E-state index contributed by atoms with van der Waals surface area (Å²) < 4.78 is 0. The van der Waals surface area contributed by atoms with Crippen LogP contribution >= 0.6 is 0 Å². The maximum Gasteiger partial charge on any atom is 0.328 e. The van der Waals surface area contributed by atoms with Crippen molar-refractivity contribution in [2.75, 3.05) is 6.54 Å². The number of benzene rings is 1. The second-order valence-corrected chi connectivity index (χ2v) is 4.74. The summed E-state index contributed by atoms with van der Waals surface area (Å²) in [6.45, 7) is 8.52. The van der Waals surface area contributed by atoms with Gasteiger partial charge in [-0.3, -0.25) is 4.90 Å². The normalized spacial score (nSPS) is 13.1. The number of carboxylic acid groups (broad SMARTS) is 1. The molecule has 1 atom stereocenters. The molecule has 0 spiro atoms. The molecule has 19 heavy (non-hydrogen) atoms. The summed E-state index contributed by atoms with van der Waals surface area (Å²) in [7, 11) is 0. The monoisotopic (exact) mass is 261 g/mol. The molecule has 0 saturated carbocycles. The predicted octanol–water partition coefficient (Wildman–Crippen LogP) is 3.40. The number of rotatable bonds is 7. The van der Waals surface area contributed by atoms with Crippen molar-refractivity contribution in [2.24, 2.45) is 0 Å². The Hall–Kier alpha value is -1.61. The van der Waals surface area contributed by atoms with Crippen LogP contribution in [0.2, 0.25) is 0 Å². The SMILES string of the molecule is CCC(C)N(CC)Cc1cccc(C=CC(=O)O)c1. The Bertz CT molecular complexity index is 440. The highest BCUT2D eigenvalue weighted by molar-refractivity contribution is 5.85. The van der Waals surface area contributed by atoms with Gasteiger partial charge >= 0.3 is 5.97 Å². The van der Waals surface area contributed by atoms with E-state index >= 15 is 0 Å². The van der Waals surface area contributed by atoms with Crippen LogP contribution in [0.1, 0.15) is 38.3 Å². The van der Waals surface area contributed by atoms with Crippen LogP contribution in [0.25, 0.3) is 6.08 Å². The zero-order chi connectivity index (χ0) is 14.3. The molecule has 1 rings (SSSR count). The Kier molecular flexibility index (Phi) is 6.30. The maximum atomic E-state index is 10.5. The van der Waals surface area contributed by atoms with E-state index in [4.69, 9.17) is 5.11 Å². The van der Waals surface area contributed by atoms with Gasteiger partial charge in [0.25, 0.3) is 0 Å². The van der Waals surface area contributed by atoms with Crippen molar-refractivity contribution in [1.29, 1.82) is 0 Å². The summed E-state index contributed by atoms with van der Waals surface area (Å²) in [6.07, 6.45) is 3.93. The third-order valence-corrected chi connectivity index (χ3v) is 3.38. The molecule has 1 N–H and O–H groups in total. The molecule has 0 fully saturated rings. The van der Waals surface area contributed by atoms with Gasteiger partial charge in [0.05, 0.1) is 0 Å². The van der Waals surface area contributed by atoms with E-state index in [0.29, 0.717) is 6.04 Å². The van der Waals surface area contributed by atoms with Crippen LogP contribution in [0.15, 0.2) is 30.3 Å². The molecule has 1 aromatic rings. The summed E-state index contributed by atoms with van der Waals surface area (Å²) >= 11 is 0. The van der Waals surface area contributed by atoms with Crippen molar-refractivity contribution in [1.82, 2.24) is 4.90 Å². The Labute approximate surface area is 115 Å². The van der Waals surface area contributed by atoms with E-state index in [-0.39, 0.29) is 0 Å². The molecular formula is C16H23NO2. The first-order valence-corrected chi connectivity index (χ1v) is 6.80. The molecular weight excluding hydrogens is 238 g/mol. The molecule has 0 saturated heterocycles. The van der Waals surface area contributed by atoms with Gasteiger partial charge in [0.2, 0.25) is 0 Å². The lowest BCUT2D eigenvalue weighted by Crippen LogP contribution is -2.31. The molecule has 0 bridgehead atoms. The van der Waals surface area contributed by atoms with Crippen LogP contribution in [0.4, 0.5) is 0 Å². The molecule has 1 aromatic carbocycles. The smallest absolute Gasteiger partial charge is 0.328 e. The highest BCUT2D eigenvalue weighted by Crippen LogP contribution is 2.13. The minimum Gasteiger partial charge on any atom is -0.478 e. The van der Waals surface area contributed by atoms with E-state index in [1.165, 1.54) is 11.6 Å². The Morgan fingerprint density at radius 2 is 2.16 bits per heavy atom. The fourth-order valence-corrected chi connectivity index (χ4v) is 2.03. The molecule has 3 heteroatoms. The summed E-state index contributed by atoms with van der Waals surface area (Å²) in [6, 6.07) is 8.58. The van der Waals surface area contributed by atoms with Gasteiger partial charge in [0.15, 0.2) is 0 Å². The summed E-state index contributed by atoms with van der Waals surface area (Å²) in [5, 5.41) is 8.64. The standard InChI is InChI=1S/C16H23NO2/c1-4-13(3)17(5-2)12-15-8-6-7-14(11-15)9-10-16(18)19/h6-11,13H,4-5,12H2,1-3H3,(H,18,19).